The number of carbonyl (C=O) groups excluding carboxylic acids is 1. The van der Waals surface area contributed by atoms with Gasteiger partial charge in [-0.25, -0.2) is 0 Å². The summed E-state index contributed by atoms with van der Waals surface area (Å²) >= 11 is 0. The number of aldehydes is 1. The summed E-state index contributed by atoms with van der Waals surface area (Å²) in [6.45, 7) is -0.0508. The lowest BCUT2D eigenvalue weighted by Crippen LogP contribution is -2.22. The summed E-state index contributed by atoms with van der Waals surface area (Å²) in [5, 5.41) is 18.4. The van der Waals surface area contributed by atoms with Gasteiger partial charge in [-0.3, -0.25) is 4.79 Å². The summed E-state index contributed by atoms with van der Waals surface area (Å²) in [6, 6.07) is 5.02. The van der Waals surface area contributed by atoms with Crippen molar-refractivity contribution in [2.75, 3.05) is 20.3 Å². The molecule has 1 aromatic carbocycles. The Kier molecular flexibility index (Phi) is 5.62. The van der Waals surface area contributed by atoms with Crippen LogP contribution in [-0.2, 0) is 11.2 Å². The molecule has 0 bridgehead atoms. The highest BCUT2D eigenvalue weighted by Crippen LogP contribution is 2.24. The SMILES string of the molecule is COCC(O)Oc1c(C=O)cccc1CCO. The van der Waals surface area contributed by atoms with Crippen molar-refractivity contribution in [3.05, 3.63) is 29.3 Å². The number of para-hydroxylation sites is 1. The maximum absolute atomic E-state index is 10.9. The summed E-state index contributed by atoms with van der Waals surface area (Å²) in [5.74, 6) is 0.293. The van der Waals surface area contributed by atoms with Crippen molar-refractivity contribution in [1.82, 2.24) is 0 Å². The van der Waals surface area contributed by atoms with Crippen molar-refractivity contribution < 1.29 is 24.5 Å². The molecule has 0 aliphatic heterocycles. The lowest BCUT2D eigenvalue weighted by Gasteiger charge is -2.17. The Bertz CT molecular complexity index is 364. The Balaban J connectivity index is 2.95. The number of aliphatic hydroxyl groups is 2. The zero-order valence-electron chi connectivity index (χ0n) is 9.63. The summed E-state index contributed by atoms with van der Waals surface area (Å²) in [4.78, 5) is 10.9. The van der Waals surface area contributed by atoms with Crippen LogP contribution < -0.4 is 4.74 Å². The molecule has 1 atom stereocenters. The van der Waals surface area contributed by atoms with Crippen molar-refractivity contribution in [3.63, 3.8) is 0 Å². The number of hydrogen-bond donors (Lipinski definition) is 2. The Morgan fingerprint density at radius 3 is 2.82 bits per heavy atom. The van der Waals surface area contributed by atoms with Crippen molar-refractivity contribution in [2.24, 2.45) is 0 Å². The molecule has 0 heterocycles. The van der Waals surface area contributed by atoms with Gasteiger partial charge in [0.25, 0.3) is 0 Å². The summed E-state index contributed by atoms with van der Waals surface area (Å²) < 4.78 is 9.99. The molecule has 0 amide bonds. The fourth-order valence-corrected chi connectivity index (χ4v) is 1.47. The Hall–Kier alpha value is -1.43. The smallest absolute Gasteiger partial charge is 0.221 e. The van der Waals surface area contributed by atoms with Gasteiger partial charge in [-0.05, 0) is 18.1 Å². The quantitative estimate of drug-likeness (QED) is 0.532. The van der Waals surface area contributed by atoms with Gasteiger partial charge in [0.2, 0.25) is 6.29 Å². The summed E-state index contributed by atoms with van der Waals surface area (Å²) in [6.07, 6.45) is -0.134. The number of carbonyl (C=O) groups is 1. The van der Waals surface area contributed by atoms with Crippen LogP contribution in [0, 0.1) is 0 Å². The number of ether oxygens (including phenoxy) is 2. The van der Waals surface area contributed by atoms with Crippen LogP contribution in [0.15, 0.2) is 18.2 Å². The molecule has 94 valence electrons. The molecule has 0 saturated heterocycles. The van der Waals surface area contributed by atoms with Gasteiger partial charge in [0.05, 0.1) is 5.56 Å². The first kappa shape index (κ1) is 13.6. The highest BCUT2D eigenvalue weighted by atomic mass is 16.6. The Labute approximate surface area is 99.6 Å². The van der Waals surface area contributed by atoms with Crippen LogP contribution in [0.1, 0.15) is 15.9 Å². The van der Waals surface area contributed by atoms with E-state index in [2.05, 4.69) is 0 Å². The molecular formula is C12H16O5. The van der Waals surface area contributed by atoms with Crippen LogP contribution in [-0.4, -0.2) is 43.1 Å². The normalized spacial score (nSPS) is 12.2. The van der Waals surface area contributed by atoms with Crippen LogP contribution in [0.4, 0.5) is 0 Å². The van der Waals surface area contributed by atoms with E-state index >= 15 is 0 Å². The van der Waals surface area contributed by atoms with E-state index in [0.29, 0.717) is 29.6 Å². The molecule has 0 radical (unpaired) electrons. The fraction of sp³-hybridized carbons (Fsp3) is 0.417. The molecule has 0 aromatic heterocycles. The van der Waals surface area contributed by atoms with E-state index in [-0.39, 0.29) is 13.2 Å². The average molecular weight is 240 g/mol. The van der Waals surface area contributed by atoms with Gasteiger partial charge in [0, 0.05) is 13.7 Å². The molecule has 1 unspecified atom stereocenters. The van der Waals surface area contributed by atoms with Crippen LogP contribution >= 0.6 is 0 Å². The lowest BCUT2D eigenvalue weighted by atomic mass is 10.1. The number of benzene rings is 1. The second kappa shape index (κ2) is 7.01. The predicted octanol–water partition coefficient (Wildman–Crippen LogP) is 0.378. The van der Waals surface area contributed by atoms with E-state index in [1.54, 1.807) is 18.2 Å². The maximum Gasteiger partial charge on any atom is 0.221 e. The molecule has 5 heteroatoms. The minimum atomic E-state index is -1.14. The van der Waals surface area contributed by atoms with Gasteiger partial charge >= 0.3 is 0 Å². The third-order valence-electron chi connectivity index (χ3n) is 2.20. The molecule has 2 N–H and O–H groups in total. The summed E-state index contributed by atoms with van der Waals surface area (Å²) in [7, 11) is 1.44. The minimum absolute atomic E-state index is 0.00571. The highest BCUT2D eigenvalue weighted by Gasteiger charge is 2.13. The fourth-order valence-electron chi connectivity index (χ4n) is 1.47. The zero-order chi connectivity index (χ0) is 12.7. The van der Waals surface area contributed by atoms with Crippen LogP contribution in [0.2, 0.25) is 0 Å². The van der Waals surface area contributed by atoms with E-state index in [1.165, 1.54) is 7.11 Å². The number of hydrogen-bond acceptors (Lipinski definition) is 5. The lowest BCUT2D eigenvalue weighted by molar-refractivity contribution is -0.0669. The minimum Gasteiger partial charge on any atom is -0.462 e. The van der Waals surface area contributed by atoms with Gasteiger partial charge in [0.1, 0.15) is 12.4 Å². The van der Waals surface area contributed by atoms with E-state index in [1.807, 2.05) is 0 Å². The third-order valence-corrected chi connectivity index (χ3v) is 2.20. The molecule has 1 rings (SSSR count). The van der Waals surface area contributed by atoms with Crippen molar-refractivity contribution in [2.45, 2.75) is 12.7 Å². The third kappa shape index (κ3) is 3.81. The first-order chi connectivity index (χ1) is 8.22. The standard InChI is InChI=1S/C12H16O5/c1-16-8-11(15)17-12-9(5-6-13)3-2-4-10(12)7-14/h2-4,7,11,13,15H,5-6,8H2,1H3. The molecule has 0 fully saturated rings. The monoisotopic (exact) mass is 240 g/mol. The first-order valence-electron chi connectivity index (χ1n) is 5.24. The molecule has 0 spiro atoms. The van der Waals surface area contributed by atoms with Gasteiger partial charge in [-0.1, -0.05) is 12.1 Å². The van der Waals surface area contributed by atoms with E-state index in [4.69, 9.17) is 14.6 Å². The number of methoxy groups -OCH3 is 1. The Morgan fingerprint density at radius 1 is 1.47 bits per heavy atom. The average Bonchev–Trinajstić information content (AvgIpc) is 2.32. The van der Waals surface area contributed by atoms with E-state index < -0.39 is 6.29 Å². The van der Waals surface area contributed by atoms with Crippen molar-refractivity contribution in [3.8, 4) is 5.75 Å². The first-order valence-corrected chi connectivity index (χ1v) is 5.24. The van der Waals surface area contributed by atoms with E-state index in [9.17, 15) is 9.90 Å². The van der Waals surface area contributed by atoms with Crippen molar-refractivity contribution in [1.29, 1.82) is 0 Å². The van der Waals surface area contributed by atoms with Gasteiger partial charge < -0.3 is 19.7 Å². The van der Waals surface area contributed by atoms with Gasteiger partial charge in [-0.2, -0.15) is 0 Å². The predicted molar refractivity (Wildman–Crippen MR) is 61.1 cm³/mol. The number of rotatable bonds is 7. The molecule has 0 saturated carbocycles. The van der Waals surface area contributed by atoms with Crippen LogP contribution in [0.3, 0.4) is 0 Å². The number of aliphatic hydroxyl groups excluding tert-OH is 2. The highest BCUT2D eigenvalue weighted by molar-refractivity contribution is 5.80. The molecule has 5 nitrogen and oxygen atoms in total. The van der Waals surface area contributed by atoms with Crippen LogP contribution in [0.5, 0.6) is 5.75 Å². The van der Waals surface area contributed by atoms with Crippen LogP contribution in [0.25, 0.3) is 0 Å². The molecular weight excluding hydrogens is 224 g/mol. The largest absolute Gasteiger partial charge is 0.462 e. The Morgan fingerprint density at radius 2 is 2.24 bits per heavy atom. The molecule has 17 heavy (non-hydrogen) atoms. The molecule has 1 aromatic rings. The van der Waals surface area contributed by atoms with Crippen molar-refractivity contribution >= 4 is 6.29 Å². The maximum atomic E-state index is 10.9. The summed E-state index contributed by atoms with van der Waals surface area (Å²) in [5.41, 5.74) is 1.01. The molecule has 0 aliphatic rings. The second-order valence-corrected chi connectivity index (χ2v) is 3.45. The second-order valence-electron chi connectivity index (χ2n) is 3.45. The molecule has 0 aliphatic carbocycles. The van der Waals surface area contributed by atoms with Gasteiger partial charge in [-0.15, -0.1) is 0 Å². The zero-order valence-corrected chi connectivity index (χ0v) is 9.63. The topological polar surface area (TPSA) is 76.0 Å². The van der Waals surface area contributed by atoms with Gasteiger partial charge in [0.15, 0.2) is 6.29 Å². The van der Waals surface area contributed by atoms with E-state index in [0.717, 1.165) is 0 Å².